The number of carbonyl (C=O) groups is 2. The summed E-state index contributed by atoms with van der Waals surface area (Å²) in [6, 6.07) is 28.6. The monoisotopic (exact) mass is 657 g/mol. The zero-order valence-electron chi connectivity index (χ0n) is 27.6. The molecular formula is C37H43N3O6S. The lowest BCUT2D eigenvalue weighted by Gasteiger charge is -2.34. The predicted octanol–water partition coefficient (Wildman–Crippen LogP) is 5.76. The van der Waals surface area contributed by atoms with Crippen LogP contribution in [-0.2, 0) is 32.6 Å². The number of rotatable bonds is 15. The third-order valence-electron chi connectivity index (χ3n) is 7.51. The molecule has 4 rings (SSSR count). The van der Waals surface area contributed by atoms with E-state index in [1.165, 1.54) is 17.0 Å². The van der Waals surface area contributed by atoms with Crippen molar-refractivity contribution >= 4 is 27.5 Å². The van der Waals surface area contributed by atoms with Crippen LogP contribution in [0.25, 0.3) is 0 Å². The molecule has 0 fully saturated rings. The number of anilines is 1. The van der Waals surface area contributed by atoms with Crippen LogP contribution in [0.5, 0.6) is 11.5 Å². The molecule has 4 aromatic rings. The Hall–Kier alpha value is -4.83. The smallest absolute Gasteiger partial charge is 0.264 e. The summed E-state index contributed by atoms with van der Waals surface area (Å²) in [5, 5.41) is 2.97. The fraction of sp³-hybridized carbons (Fsp3) is 0.297. The summed E-state index contributed by atoms with van der Waals surface area (Å²) >= 11 is 0. The van der Waals surface area contributed by atoms with Gasteiger partial charge in [-0.1, -0.05) is 60.2 Å². The summed E-state index contributed by atoms with van der Waals surface area (Å²) < 4.78 is 40.5. The first-order valence-electron chi connectivity index (χ1n) is 15.6. The van der Waals surface area contributed by atoms with Gasteiger partial charge >= 0.3 is 0 Å². The molecule has 0 spiro atoms. The molecule has 0 radical (unpaired) electrons. The highest BCUT2D eigenvalue weighted by atomic mass is 32.2. The minimum absolute atomic E-state index is 0.0424. The van der Waals surface area contributed by atoms with Crippen molar-refractivity contribution in [2.24, 2.45) is 0 Å². The molecule has 2 amide bonds. The number of methoxy groups -OCH3 is 1. The first-order chi connectivity index (χ1) is 22.5. The normalized spacial score (nSPS) is 11.9. The highest BCUT2D eigenvalue weighted by Crippen LogP contribution is 2.27. The summed E-state index contributed by atoms with van der Waals surface area (Å²) in [5.41, 5.74) is 2.77. The summed E-state index contributed by atoms with van der Waals surface area (Å²) in [7, 11) is -2.65. The average Bonchev–Trinajstić information content (AvgIpc) is 3.06. The van der Waals surface area contributed by atoms with Crippen LogP contribution in [0, 0.1) is 6.92 Å². The number of nitrogens with zero attached hydrogens (tertiary/aromatic N) is 2. The second-order valence-electron chi connectivity index (χ2n) is 11.5. The van der Waals surface area contributed by atoms with Gasteiger partial charge in [0.15, 0.2) is 0 Å². The molecule has 248 valence electrons. The Morgan fingerprint density at radius 3 is 2.11 bits per heavy atom. The Morgan fingerprint density at radius 2 is 1.49 bits per heavy atom. The van der Waals surface area contributed by atoms with Gasteiger partial charge < -0.3 is 19.7 Å². The van der Waals surface area contributed by atoms with E-state index in [4.69, 9.17) is 9.47 Å². The van der Waals surface area contributed by atoms with Gasteiger partial charge in [-0.05, 0) is 87.4 Å². The molecule has 4 aromatic carbocycles. The Bertz CT molecular complexity index is 1730. The van der Waals surface area contributed by atoms with E-state index in [1.807, 2.05) is 70.2 Å². The van der Waals surface area contributed by atoms with Crippen molar-refractivity contribution in [3.63, 3.8) is 0 Å². The van der Waals surface area contributed by atoms with E-state index in [1.54, 1.807) is 55.6 Å². The molecule has 0 saturated carbocycles. The third kappa shape index (κ3) is 9.36. The molecule has 0 aliphatic carbocycles. The second-order valence-corrected chi connectivity index (χ2v) is 13.4. The summed E-state index contributed by atoms with van der Waals surface area (Å²) in [6.45, 7) is 7.38. The molecule has 0 bridgehead atoms. The van der Waals surface area contributed by atoms with Crippen molar-refractivity contribution in [1.29, 1.82) is 0 Å². The highest BCUT2D eigenvalue weighted by molar-refractivity contribution is 7.92. The lowest BCUT2D eigenvalue weighted by atomic mass is 10.0. The quantitative estimate of drug-likeness (QED) is 0.174. The Morgan fingerprint density at radius 1 is 0.830 bits per heavy atom. The molecule has 0 heterocycles. The number of carbonyl (C=O) groups excluding carboxylic acids is 2. The first-order valence-corrected chi connectivity index (χ1v) is 17.0. The zero-order valence-corrected chi connectivity index (χ0v) is 28.4. The number of amides is 2. The maximum absolute atomic E-state index is 14.6. The lowest BCUT2D eigenvalue weighted by molar-refractivity contribution is -0.140. The highest BCUT2D eigenvalue weighted by Gasteiger charge is 2.35. The fourth-order valence-electron chi connectivity index (χ4n) is 5.14. The lowest BCUT2D eigenvalue weighted by Crippen LogP contribution is -2.54. The van der Waals surface area contributed by atoms with Crippen molar-refractivity contribution in [3.8, 4) is 11.5 Å². The molecule has 0 aromatic heterocycles. The van der Waals surface area contributed by atoms with Crippen molar-refractivity contribution in [2.45, 2.75) is 57.6 Å². The van der Waals surface area contributed by atoms with E-state index in [0.29, 0.717) is 18.1 Å². The van der Waals surface area contributed by atoms with Crippen molar-refractivity contribution in [3.05, 3.63) is 120 Å². The van der Waals surface area contributed by atoms with Crippen LogP contribution in [0.3, 0.4) is 0 Å². The number of benzene rings is 4. The van der Waals surface area contributed by atoms with Gasteiger partial charge in [0.2, 0.25) is 11.8 Å². The van der Waals surface area contributed by atoms with Crippen LogP contribution < -0.4 is 19.1 Å². The zero-order chi connectivity index (χ0) is 34.0. The average molecular weight is 658 g/mol. The minimum Gasteiger partial charge on any atom is -0.497 e. The van der Waals surface area contributed by atoms with Gasteiger partial charge in [-0.15, -0.1) is 0 Å². The molecule has 10 heteroatoms. The number of aryl methyl sites for hydroxylation is 1. The first kappa shape index (κ1) is 35.0. The van der Waals surface area contributed by atoms with E-state index in [9.17, 15) is 18.0 Å². The van der Waals surface area contributed by atoms with Gasteiger partial charge in [0.25, 0.3) is 10.0 Å². The van der Waals surface area contributed by atoms with Crippen molar-refractivity contribution in [1.82, 2.24) is 10.2 Å². The molecule has 0 unspecified atom stereocenters. The fourth-order valence-corrected chi connectivity index (χ4v) is 6.56. The van der Waals surface area contributed by atoms with Crippen LogP contribution >= 0.6 is 0 Å². The van der Waals surface area contributed by atoms with E-state index < -0.39 is 28.5 Å². The van der Waals surface area contributed by atoms with Crippen LogP contribution in [0.1, 0.15) is 37.5 Å². The van der Waals surface area contributed by atoms with Gasteiger partial charge in [-0.25, -0.2) is 8.42 Å². The minimum atomic E-state index is -4.21. The molecule has 0 aliphatic heterocycles. The Balaban J connectivity index is 1.81. The van der Waals surface area contributed by atoms with Gasteiger partial charge in [0, 0.05) is 19.0 Å². The molecule has 9 nitrogen and oxygen atoms in total. The molecule has 0 aliphatic rings. The van der Waals surface area contributed by atoms with Crippen LogP contribution in [0.15, 0.2) is 108 Å². The maximum Gasteiger partial charge on any atom is 0.264 e. The van der Waals surface area contributed by atoms with E-state index >= 15 is 0 Å². The number of ether oxygens (including phenoxy) is 2. The Labute approximate surface area is 278 Å². The molecule has 47 heavy (non-hydrogen) atoms. The summed E-state index contributed by atoms with van der Waals surface area (Å²) in [5.74, 6) is 0.286. The van der Waals surface area contributed by atoms with Crippen LogP contribution in [0.2, 0.25) is 0 Å². The van der Waals surface area contributed by atoms with Crippen LogP contribution in [0.4, 0.5) is 5.69 Å². The van der Waals surface area contributed by atoms with Gasteiger partial charge in [-0.3, -0.25) is 13.9 Å². The van der Waals surface area contributed by atoms with Gasteiger partial charge in [0.05, 0.1) is 24.3 Å². The largest absolute Gasteiger partial charge is 0.497 e. The van der Waals surface area contributed by atoms with Crippen molar-refractivity contribution < 1.29 is 27.5 Å². The number of hydrogen-bond donors (Lipinski definition) is 1. The molecule has 1 N–H and O–H groups in total. The summed E-state index contributed by atoms with van der Waals surface area (Å²) in [6.07, 6.45) is 0.225. The molecule has 1 atom stereocenters. The topological polar surface area (TPSA) is 105 Å². The SMILES string of the molecule is CCOc1ccc(N(CC(=O)N(Cc2cccc(OC)c2)[C@@H](Cc2ccccc2)C(=O)NC(C)C)S(=O)(=O)c2ccc(C)cc2)cc1. The Kier molecular flexibility index (Phi) is 12.0. The van der Waals surface area contributed by atoms with Crippen molar-refractivity contribution in [2.75, 3.05) is 24.6 Å². The van der Waals surface area contributed by atoms with Gasteiger partial charge in [0.1, 0.15) is 24.1 Å². The number of nitrogens with one attached hydrogen (secondary N) is 1. The number of hydrogen-bond acceptors (Lipinski definition) is 6. The third-order valence-corrected chi connectivity index (χ3v) is 9.30. The number of sulfonamides is 1. The maximum atomic E-state index is 14.6. The van der Waals surface area contributed by atoms with Crippen LogP contribution in [-0.4, -0.2) is 57.5 Å². The standard InChI is InChI=1S/C37H43N3O6S/c1-6-46-32-19-17-31(18-20-32)40(47(43,44)34-21-15-28(4)16-22-34)26-36(41)39(25-30-13-10-14-33(23-30)45-5)35(37(42)38-27(2)3)24-29-11-8-7-9-12-29/h7-23,27,35H,6,24-26H2,1-5H3,(H,38,42)/t35-/m0/s1. The molecular weight excluding hydrogens is 614 g/mol. The van der Waals surface area contributed by atoms with E-state index in [-0.39, 0.29) is 35.5 Å². The van der Waals surface area contributed by atoms with E-state index in [0.717, 1.165) is 21.0 Å². The second kappa shape index (κ2) is 16.1. The summed E-state index contributed by atoms with van der Waals surface area (Å²) in [4.78, 5) is 29.9. The predicted molar refractivity (Wildman–Crippen MR) is 184 cm³/mol. The van der Waals surface area contributed by atoms with E-state index in [2.05, 4.69) is 5.32 Å². The molecule has 0 saturated heterocycles. The van der Waals surface area contributed by atoms with Gasteiger partial charge in [-0.2, -0.15) is 0 Å².